The van der Waals surface area contributed by atoms with Crippen molar-refractivity contribution in [2.45, 2.75) is 38.0 Å². The van der Waals surface area contributed by atoms with Gasteiger partial charge in [-0.2, -0.15) is 0 Å². The molecule has 2 N–H and O–H groups in total. The average molecular weight is 513 g/mol. The Morgan fingerprint density at radius 1 is 1.35 bits per heavy atom. The minimum Gasteiger partial charge on any atom is -0.479 e. The van der Waals surface area contributed by atoms with Gasteiger partial charge in [-0.3, -0.25) is 19.3 Å². The van der Waals surface area contributed by atoms with Crippen molar-refractivity contribution >= 4 is 58.5 Å². The smallest absolute Gasteiger partial charge is 0.357 e. The van der Waals surface area contributed by atoms with Crippen molar-refractivity contribution in [2.75, 3.05) is 12.4 Å². The first kappa shape index (κ1) is 25.2. The highest BCUT2D eigenvalue weighted by Gasteiger charge is 2.53. The van der Waals surface area contributed by atoms with Crippen LogP contribution in [0.2, 0.25) is 0 Å². The lowest BCUT2D eigenvalue weighted by molar-refractivity contribution is -0.184. The van der Waals surface area contributed by atoms with E-state index in [2.05, 4.69) is 20.3 Å². The van der Waals surface area contributed by atoms with Gasteiger partial charge in [-0.25, -0.2) is 14.6 Å². The van der Waals surface area contributed by atoms with E-state index in [0.29, 0.717) is 5.75 Å². The monoisotopic (exact) mass is 512 g/mol. The number of fused-ring (bicyclic) bond motifs is 1. The van der Waals surface area contributed by atoms with Gasteiger partial charge in [0.1, 0.15) is 22.8 Å². The third kappa shape index (κ3) is 5.72. The van der Waals surface area contributed by atoms with E-state index < -0.39 is 54.0 Å². The molecule has 0 bridgehead atoms. The van der Waals surface area contributed by atoms with Crippen LogP contribution in [0.3, 0.4) is 0 Å². The van der Waals surface area contributed by atoms with Gasteiger partial charge in [0.25, 0.3) is 11.8 Å². The van der Waals surface area contributed by atoms with Crippen LogP contribution in [0, 0.1) is 0 Å². The van der Waals surface area contributed by atoms with Crippen molar-refractivity contribution in [1.29, 1.82) is 0 Å². The molecule has 13 nitrogen and oxygen atoms in total. The number of carbonyl (C=O) groups is 5. The molecule has 15 heteroatoms. The number of carboxylic acids is 1. The summed E-state index contributed by atoms with van der Waals surface area (Å²) in [5.74, 6) is -3.66. The number of thiazole rings is 1. The van der Waals surface area contributed by atoms with Crippen molar-refractivity contribution in [1.82, 2.24) is 15.2 Å². The normalized spacial score (nSPS) is 20.3. The fraction of sp³-hybridized carbons (Fsp3) is 0.421. The summed E-state index contributed by atoms with van der Waals surface area (Å²) in [7, 11) is 0. The Labute approximate surface area is 201 Å². The lowest BCUT2D eigenvalue weighted by Gasteiger charge is -2.48. The molecule has 0 radical (unpaired) electrons. The first-order valence-corrected chi connectivity index (χ1v) is 11.9. The maximum absolute atomic E-state index is 12.8. The van der Waals surface area contributed by atoms with Crippen molar-refractivity contribution in [2.24, 2.45) is 5.16 Å². The Balaban J connectivity index is 1.66. The molecule has 0 aliphatic carbocycles. The Morgan fingerprint density at radius 3 is 2.76 bits per heavy atom. The second-order valence-electron chi connectivity index (χ2n) is 6.77. The van der Waals surface area contributed by atoms with Gasteiger partial charge < -0.3 is 24.7 Å². The second-order valence-corrected chi connectivity index (χ2v) is 8.64. The molecule has 2 amide bonds. The number of oxime groups is 1. The summed E-state index contributed by atoms with van der Waals surface area (Å²) < 4.78 is 10.0. The second kappa shape index (κ2) is 11.1. The van der Waals surface area contributed by atoms with E-state index in [9.17, 15) is 24.0 Å². The van der Waals surface area contributed by atoms with E-state index in [4.69, 9.17) is 14.6 Å². The SMILES string of the molecule is CCC(=O)OC(C)OC(=O)C1=CCS[C@H]2C(NC(=O)C(=NOCC(=O)O)c3cscn3)C(=O)N12. The van der Waals surface area contributed by atoms with Crippen LogP contribution in [-0.2, 0) is 38.3 Å². The quantitative estimate of drug-likeness (QED) is 0.143. The molecule has 3 heterocycles. The molecule has 1 aromatic heterocycles. The molecule has 1 aromatic rings. The van der Waals surface area contributed by atoms with Gasteiger partial charge in [-0.15, -0.1) is 23.1 Å². The molecule has 0 aromatic carbocycles. The van der Waals surface area contributed by atoms with E-state index >= 15 is 0 Å². The number of carbonyl (C=O) groups excluding carboxylic acids is 4. The molecule has 1 fully saturated rings. The predicted molar refractivity (Wildman–Crippen MR) is 117 cm³/mol. The number of rotatable bonds is 10. The summed E-state index contributed by atoms with van der Waals surface area (Å²) in [6, 6.07) is -0.979. The van der Waals surface area contributed by atoms with Gasteiger partial charge in [-0.05, 0) is 6.08 Å². The lowest BCUT2D eigenvalue weighted by Crippen LogP contribution is -2.70. The molecule has 3 atom stereocenters. The largest absolute Gasteiger partial charge is 0.479 e. The molecule has 0 spiro atoms. The number of nitrogens with one attached hydrogen (secondary N) is 1. The van der Waals surface area contributed by atoms with E-state index in [1.165, 1.54) is 51.9 Å². The van der Waals surface area contributed by atoms with E-state index in [1.54, 1.807) is 6.92 Å². The molecule has 1 saturated heterocycles. The number of β-lactam (4-membered cyclic amide) rings is 1. The van der Waals surface area contributed by atoms with Gasteiger partial charge in [0.05, 0.1) is 5.51 Å². The lowest BCUT2D eigenvalue weighted by atomic mass is 10.0. The Morgan fingerprint density at radius 2 is 2.12 bits per heavy atom. The number of carboxylic acid groups (broad SMARTS) is 1. The highest BCUT2D eigenvalue weighted by Crippen LogP contribution is 2.38. The van der Waals surface area contributed by atoms with Gasteiger partial charge in [0.15, 0.2) is 5.71 Å². The van der Waals surface area contributed by atoms with Gasteiger partial charge in [0, 0.05) is 24.5 Å². The number of nitrogens with zero attached hydrogens (tertiary/aromatic N) is 3. The molecule has 3 rings (SSSR count). The maximum atomic E-state index is 12.8. The Bertz CT molecular complexity index is 1040. The van der Waals surface area contributed by atoms with E-state index in [0.717, 1.165) is 0 Å². The standard InChI is InChI=1S/C19H20N4O9S2/c1-3-13(26)31-9(2)32-19(29)11-4-5-34-18-15(17(28)23(11)18)21-16(27)14(10-7-33-8-20-10)22-30-6-12(24)25/h4,7-9,15,18H,3,5-6H2,1-2H3,(H,21,27)(H,24,25)/t9?,15?,18-/m0/s1. The number of esters is 2. The van der Waals surface area contributed by atoms with Crippen molar-refractivity contribution in [3.05, 3.63) is 28.4 Å². The fourth-order valence-corrected chi connectivity index (χ4v) is 4.66. The Hall–Kier alpha value is -3.46. The molecular formula is C19H20N4O9S2. The highest BCUT2D eigenvalue weighted by atomic mass is 32.2. The topological polar surface area (TPSA) is 174 Å². The molecule has 2 unspecified atom stereocenters. The molecule has 0 saturated carbocycles. The van der Waals surface area contributed by atoms with Gasteiger partial charge in [0.2, 0.25) is 12.9 Å². The van der Waals surface area contributed by atoms with Crippen molar-refractivity contribution in [3.8, 4) is 0 Å². The summed E-state index contributed by atoms with van der Waals surface area (Å²) in [6.07, 6.45) is 0.488. The predicted octanol–water partition coefficient (Wildman–Crippen LogP) is 0.0746. The van der Waals surface area contributed by atoms with Crippen LogP contribution in [0.15, 0.2) is 27.8 Å². The zero-order valence-electron chi connectivity index (χ0n) is 18.0. The van der Waals surface area contributed by atoms with Crippen molar-refractivity contribution < 1.29 is 43.4 Å². The molecule has 2 aliphatic heterocycles. The first-order valence-electron chi connectivity index (χ1n) is 9.89. The zero-order valence-corrected chi connectivity index (χ0v) is 19.6. The minimum absolute atomic E-state index is 0.0168. The van der Waals surface area contributed by atoms with Crippen LogP contribution >= 0.6 is 23.1 Å². The molecule has 2 aliphatic rings. The number of thioether (sulfide) groups is 1. The van der Waals surface area contributed by atoms with Crippen LogP contribution in [0.4, 0.5) is 0 Å². The van der Waals surface area contributed by atoms with Gasteiger partial charge >= 0.3 is 17.9 Å². The summed E-state index contributed by atoms with van der Waals surface area (Å²) in [4.78, 5) is 69.9. The maximum Gasteiger partial charge on any atom is 0.357 e. The Kier molecular flexibility index (Phi) is 8.22. The van der Waals surface area contributed by atoms with Crippen LogP contribution in [0.25, 0.3) is 0 Å². The summed E-state index contributed by atoms with van der Waals surface area (Å²) in [5, 5.41) is 15.7. The average Bonchev–Trinajstić information content (AvgIpc) is 3.33. The highest BCUT2D eigenvalue weighted by molar-refractivity contribution is 8.00. The van der Waals surface area contributed by atoms with Crippen LogP contribution in [0.5, 0.6) is 0 Å². The third-order valence-electron chi connectivity index (χ3n) is 4.44. The van der Waals surface area contributed by atoms with Crippen molar-refractivity contribution in [3.63, 3.8) is 0 Å². The van der Waals surface area contributed by atoms with E-state index in [1.807, 2.05) is 0 Å². The number of hydrogen-bond donors (Lipinski definition) is 2. The van der Waals surface area contributed by atoms with Crippen LogP contribution in [-0.4, -0.2) is 80.5 Å². The van der Waals surface area contributed by atoms with Crippen LogP contribution < -0.4 is 5.32 Å². The number of amides is 2. The zero-order chi connectivity index (χ0) is 24.8. The molecular weight excluding hydrogens is 492 g/mol. The summed E-state index contributed by atoms with van der Waals surface area (Å²) in [5.41, 5.74) is 1.28. The number of hydrogen-bond acceptors (Lipinski definition) is 12. The minimum atomic E-state index is -1.28. The number of ether oxygens (including phenoxy) is 2. The summed E-state index contributed by atoms with van der Waals surface area (Å²) in [6.45, 7) is 2.21. The first-order chi connectivity index (χ1) is 16.2. The number of aromatic nitrogens is 1. The molecule has 34 heavy (non-hydrogen) atoms. The van der Waals surface area contributed by atoms with Gasteiger partial charge in [-0.1, -0.05) is 12.1 Å². The third-order valence-corrected chi connectivity index (χ3v) is 6.21. The van der Waals surface area contributed by atoms with E-state index in [-0.39, 0.29) is 23.5 Å². The number of aliphatic carboxylic acids is 1. The molecule has 182 valence electrons. The fourth-order valence-electron chi connectivity index (χ4n) is 2.93. The summed E-state index contributed by atoms with van der Waals surface area (Å²) >= 11 is 2.49. The van der Waals surface area contributed by atoms with Crippen LogP contribution in [0.1, 0.15) is 26.0 Å².